The standard InChI is InChI=1S/C25H18Cl2FIN2O3/c1-2-33-23-12-16(9-17(13-30)25(32)31-22-6-4-3-5-20(22)28)11-21(29)24(23)34-14-15-7-8-18(26)19(27)10-15/h3-12H,2,14H2,1H3,(H,31,32)/b17-9-. The van der Waals surface area contributed by atoms with Crippen LogP contribution in [-0.2, 0) is 11.4 Å². The summed E-state index contributed by atoms with van der Waals surface area (Å²) in [7, 11) is 0. The van der Waals surface area contributed by atoms with Gasteiger partial charge in [0.15, 0.2) is 11.5 Å². The van der Waals surface area contributed by atoms with Crippen LogP contribution in [0.25, 0.3) is 6.08 Å². The van der Waals surface area contributed by atoms with Gasteiger partial charge in [0.1, 0.15) is 24.1 Å². The topological polar surface area (TPSA) is 71.3 Å². The number of ether oxygens (including phenoxy) is 2. The fraction of sp³-hybridized carbons (Fsp3) is 0.120. The number of para-hydroxylation sites is 1. The van der Waals surface area contributed by atoms with E-state index in [0.29, 0.717) is 37.3 Å². The predicted molar refractivity (Wildman–Crippen MR) is 140 cm³/mol. The summed E-state index contributed by atoms with van der Waals surface area (Å²) in [6, 6.07) is 16.2. The highest BCUT2D eigenvalue weighted by molar-refractivity contribution is 14.1. The highest BCUT2D eigenvalue weighted by Crippen LogP contribution is 2.36. The van der Waals surface area contributed by atoms with E-state index in [4.69, 9.17) is 32.7 Å². The quantitative estimate of drug-likeness (QED) is 0.166. The monoisotopic (exact) mass is 610 g/mol. The average molecular weight is 611 g/mol. The lowest BCUT2D eigenvalue weighted by Crippen LogP contribution is -2.14. The van der Waals surface area contributed by atoms with E-state index in [2.05, 4.69) is 27.9 Å². The third kappa shape index (κ3) is 6.63. The van der Waals surface area contributed by atoms with Gasteiger partial charge in [0, 0.05) is 0 Å². The molecule has 0 aliphatic rings. The first-order valence-electron chi connectivity index (χ1n) is 10.0. The summed E-state index contributed by atoms with van der Waals surface area (Å²) in [5, 5.41) is 12.8. The zero-order chi connectivity index (χ0) is 24.7. The van der Waals surface area contributed by atoms with Gasteiger partial charge in [-0.1, -0.05) is 41.4 Å². The molecule has 0 bridgehead atoms. The number of rotatable bonds is 8. The molecule has 0 saturated heterocycles. The minimum atomic E-state index is -0.722. The Labute approximate surface area is 220 Å². The molecular weight excluding hydrogens is 593 g/mol. The van der Waals surface area contributed by atoms with Crippen LogP contribution in [0.15, 0.2) is 60.2 Å². The molecule has 9 heteroatoms. The summed E-state index contributed by atoms with van der Waals surface area (Å²) >= 11 is 14.1. The van der Waals surface area contributed by atoms with Crippen molar-refractivity contribution in [3.63, 3.8) is 0 Å². The molecule has 3 aromatic carbocycles. The van der Waals surface area contributed by atoms with E-state index in [1.165, 1.54) is 24.3 Å². The number of carbonyl (C=O) groups excluding carboxylic acids is 1. The molecule has 0 aliphatic heterocycles. The first-order valence-corrected chi connectivity index (χ1v) is 11.9. The Balaban J connectivity index is 1.86. The van der Waals surface area contributed by atoms with Crippen molar-refractivity contribution in [3.8, 4) is 17.6 Å². The van der Waals surface area contributed by atoms with Crippen LogP contribution in [0.4, 0.5) is 10.1 Å². The Morgan fingerprint density at radius 1 is 1.15 bits per heavy atom. The van der Waals surface area contributed by atoms with Crippen molar-refractivity contribution < 1.29 is 18.7 Å². The molecule has 3 rings (SSSR count). The third-order valence-corrected chi connectivity index (χ3v) is 6.04. The van der Waals surface area contributed by atoms with E-state index in [-0.39, 0.29) is 17.9 Å². The highest BCUT2D eigenvalue weighted by Gasteiger charge is 2.16. The average Bonchev–Trinajstić information content (AvgIpc) is 2.80. The molecule has 34 heavy (non-hydrogen) atoms. The summed E-state index contributed by atoms with van der Waals surface area (Å²) in [6.07, 6.45) is 1.41. The molecule has 0 heterocycles. The SMILES string of the molecule is CCOc1cc(/C=C(/C#N)C(=O)Nc2ccccc2F)cc(I)c1OCc1ccc(Cl)c(Cl)c1. The van der Waals surface area contributed by atoms with Gasteiger partial charge in [0.05, 0.1) is 25.9 Å². The van der Waals surface area contributed by atoms with Gasteiger partial charge in [-0.05, 0) is 83.1 Å². The Morgan fingerprint density at radius 2 is 1.91 bits per heavy atom. The van der Waals surface area contributed by atoms with Crippen LogP contribution < -0.4 is 14.8 Å². The second-order valence-corrected chi connectivity index (χ2v) is 8.88. The molecule has 0 unspecified atom stereocenters. The fourth-order valence-electron chi connectivity index (χ4n) is 2.93. The van der Waals surface area contributed by atoms with E-state index in [1.807, 2.05) is 19.1 Å². The molecule has 0 spiro atoms. The molecule has 5 nitrogen and oxygen atoms in total. The predicted octanol–water partition coefficient (Wildman–Crippen LogP) is 7.26. The van der Waals surface area contributed by atoms with Gasteiger partial charge < -0.3 is 14.8 Å². The van der Waals surface area contributed by atoms with Gasteiger partial charge in [-0.25, -0.2) is 4.39 Å². The minimum absolute atomic E-state index is 0.00992. The maximum absolute atomic E-state index is 13.9. The molecule has 0 aromatic heterocycles. The maximum atomic E-state index is 13.9. The molecule has 0 atom stereocenters. The van der Waals surface area contributed by atoms with Crippen LogP contribution in [-0.4, -0.2) is 12.5 Å². The number of hydrogen-bond donors (Lipinski definition) is 1. The minimum Gasteiger partial charge on any atom is -0.490 e. The first kappa shape index (κ1) is 25.8. The van der Waals surface area contributed by atoms with Gasteiger partial charge in [0.25, 0.3) is 5.91 Å². The van der Waals surface area contributed by atoms with Crippen molar-refractivity contribution in [1.29, 1.82) is 5.26 Å². The van der Waals surface area contributed by atoms with Crippen molar-refractivity contribution in [2.24, 2.45) is 0 Å². The summed E-state index contributed by atoms with van der Waals surface area (Å²) in [5.41, 5.74) is 1.18. The molecule has 174 valence electrons. The summed E-state index contributed by atoms with van der Waals surface area (Å²) in [5.74, 6) is -0.349. The van der Waals surface area contributed by atoms with Crippen molar-refractivity contribution in [1.82, 2.24) is 0 Å². The molecule has 0 aliphatic carbocycles. The smallest absolute Gasteiger partial charge is 0.266 e. The molecular formula is C25H18Cl2FIN2O3. The number of carbonyl (C=O) groups is 1. The van der Waals surface area contributed by atoms with Crippen LogP contribution in [0.3, 0.4) is 0 Å². The van der Waals surface area contributed by atoms with E-state index in [0.717, 1.165) is 5.56 Å². The lowest BCUT2D eigenvalue weighted by Gasteiger charge is -2.15. The summed E-state index contributed by atoms with van der Waals surface area (Å²) in [6.45, 7) is 2.45. The van der Waals surface area contributed by atoms with Gasteiger partial charge in [-0.3, -0.25) is 4.79 Å². The number of amides is 1. The zero-order valence-electron chi connectivity index (χ0n) is 17.9. The van der Waals surface area contributed by atoms with Crippen LogP contribution >= 0.6 is 45.8 Å². The molecule has 0 radical (unpaired) electrons. The van der Waals surface area contributed by atoms with Gasteiger partial charge in [-0.15, -0.1) is 0 Å². The number of halogens is 4. The Hall–Kier alpha value is -2.80. The Morgan fingerprint density at radius 3 is 2.59 bits per heavy atom. The Bertz CT molecular complexity index is 1290. The first-order chi connectivity index (χ1) is 16.3. The van der Waals surface area contributed by atoms with Gasteiger partial charge in [-0.2, -0.15) is 5.26 Å². The number of nitrogens with zero attached hydrogens (tertiary/aromatic N) is 1. The number of nitrogens with one attached hydrogen (secondary N) is 1. The molecule has 3 aromatic rings. The van der Waals surface area contributed by atoms with Crippen LogP contribution in [0.1, 0.15) is 18.1 Å². The van der Waals surface area contributed by atoms with Crippen molar-refractivity contribution in [3.05, 3.63) is 90.7 Å². The van der Waals surface area contributed by atoms with Crippen LogP contribution in [0, 0.1) is 20.7 Å². The highest BCUT2D eigenvalue weighted by atomic mass is 127. The normalized spacial score (nSPS) is 11.0. The lowest BCUT2D eigenvalue weighted by atomic mass is 10.1. The van der Waals surface area contributed by atoms with Crippen molar-refractivity contribution in [2.75, 3.05) is 11.9 Å². The number of nitriles is 1. The zero-order valence-corrected chi connectivity index (χ0v) is 21.5. The van der Waals surface area contributed by atoms with Crippen molar-refractivity contribution >= 4 is 63.5 Å². The fourth-order valence-corrected chi connectivity index (χ4v) is 4.03. The summed E-state index contributed by atoms with van der Waals surface area (Å²) in [4.78, 5) is 12.5. The van der Waals surface area contributed by atoms with E-state index < -0.39 is 11.7 Å². The van der Waals surface area contributed by atoms with Crippen LogP contribution in [0.5, 0.6) is 11.5 Å². The third-order valence-electron chi connectivity index (χ3n) is 4.50. The molecule has 0 saturated carbocycles. The number of anilines is 1. The molecule has 0 fully saturated rings. The van der Waals surface area contributed by atoms with E-state index >= 15 is 0 Å². The molecule has 1 amide bonds. The van der Waals surface area contributed by atoms with E-state index in [9.17, 15) is 14.4 Å². The lowest BCUT2D eigenvalue weighted by molar-refractivity contribution is -0.112. The second kappa shape index (κ2) is 12.1. The van der Waals surface area contributed by atoms with Crippen LogP contribution in [0.2, 0.25) is 10.0 Å². The van der Waals surface area contributed by atoms with Gasteiger partial charge >= 0.3 is 0 Å². The maximum Gasteiger partial charge on any atom is 0.266 e. The summed E-state index contributed by atoms with van der Waals surface area (Å²) < 4.78 is 26.3. The number of hydrogen-bond acceptors (Lipinski definition) is 4. The van der Waals surface area contributed by atoms with Gasteiger partial charge in [0.2, 0.25) is 0 Å². The number of benzene rings is 3. The van der Waals surface area contributed by atoms with Crippen molar-refractivity contribution in [2.45, 2.75) is 13.5 Å². The Kier molecular flexibility index (Phi) is 9.16. The van der Waals surface area contributed by atoms with E-state index in [1.54, 1.807) is 30.3 Å². The largest absolute Gasteiger partial charge is 0.490 e. The second-order valence-electron chi connectivity index (χ2n) is 6.90. The molecule has 1 N–H and O–H groups in total.